The summed E-state index contributed by atoms with van der Waals surface area (Å²) in [4.78, 5) is 5.29. The SMILES string of the molecule is CCC(C)(C)c1ccc2c(c1)B1c3sc4ccc(C(C)(C)C)cc4c3N(c3cc(-c4ccccc4)cc(-c4ccccc4)c3)c3cccc(c31)N2c1ccc(C(C)(C)C)cc1-c1ccc2c3ccccc3c3ccccc3c2c1. The van der Waals surface area contributed by atoms with Crippen molar-refractivity contribution < 1.29 is 0 Å². The molecule has 0 atom stereocenters. The lowest BCUT2D eigenvalue weighted by atomic mass is 9.36. The van der Waals surface area contributed by atoms with Crippen LogP contribution in [0, 0.1) is 0 Å². The fourth-order valence-corrected chi connectivity index (χ4v) is 14.2. The van der Waals surface area contributed by atoms with Gasteiger partial charge in [-0.15, -0.1) is 11.3 Å². The van der Waals surface area contributed by atoms with Gasteiger partial charge in [-0.1, -0.05) is 214 Å². The number of benzene rings is 11. The van der Waals surface area contributed by atoms with E-state index in [1.54, 1.807) is 0 Å². The van der Waals surface area contributed by atoms with Gasteiger partial charge in [0.15, 0.2) is 0 Å². The molecular formula is C75H65BN2S. The number of thiophene rings is 1. The van der Waals surface area contributed by atoms with Crippen molar-refractivity contribution in [1.82, 2.24) is 0 Å². The van der Waals surface area contributed by atoms with Gasteiger partial charge < -0.3 is 9.80 Å². The molecule has 0 spiro atoms. The minimum atomic E-state index is -0.0811. The second kappa shape index (κ2) is 18.2. The molecule has 14 rings (SSSR count). The van der Waals surface area contributed by atoms with Gasteiger partial charge in [0, 0.05) is 43.2 Å². The van der Waals surface area contributed by atoms with Crippen LogP contribution in [-0.2, 0) is 16.2 Å². The molecule has 4 heteroatoms. The van der Waals surface area contributed by atoms with Crippen LogP contribution in [0.4, 0.5) is 34.1 Å². The molecule has 0 saturated carbocycles. The zero-order valence-electron chi connectivity index (χ0n) is 46.9. The summed E-state index contributed by atoms with van der Waals surface area (Å²) in [6, 6.07) is 83.5. The van der Waals surface area contributed by atoms with Crippen LogP contribution in [0.15, 0.2) is 218 Å². The third-order valence-electron chi connectivity index (χ3n) is 17.7. The maximum Gasteiger partial charge on any atom is 0.264 e. The van der Waals surface area contributed by atoms with E-state index in [1.165, 1.54) is 137 Å². The summed E-state index contributed by atoms with van der Waals surface area (Å²) in [5, 5.41) is 9.00. The molecule has 0 fully saturated rings. The molecule has 0 amide bonds. The Morgan fingerprint density at radius 1 is 0.380 bits per heavy atom. The summed E-state index contributed by atoms with van der Waals surface area (Å²) in [6.45, 7) is 21.2. The van der Waals surface area contributed by atoms with E-state index in [-0.39, 0.29) is 23.0 Å². The largest absolute Gasteiger partial charge is 0.311 e. The first-order chi connectivity index (χ1) is 38.1. The number of nitrogens with zero attached hydrogens (tertiary/aromatic N) is 2. The Morgan fingerprint density at radius 2 is 0.911 bits per heavy atom. The summed E-state index contributed by atoms with van der Waals surface area (Å²) in [5.41, 5.74) is 21.0. The third kappa shape index (κ3) is 7.96. The summed E-state index contributed by atoms with van der Waals surface area (Å²) < 4.78 is 2.70. The first kappa shape index (κ1) is 49.1. The first-order valence-electron chi connectivity index (χ1n) is 28.3. The molecule has 0 unspecified atom stereocenters. The lowest BCUT2D eigenvalue weighted by Crippen LogP contribution is -2.60. The summed E-state index contributed by atoms with van der Waals surface area (Å²) in [7, 11) is 0. The van der Waals surface area contributed by atoms with E-state index >= 15 is 0 Å². The highest BCUT2D eigenvalue weighted by Gasteiger charge is 2.46. The predicted octanol–water partition coefficient (Wildman–Crippen LogP) is 19.7. The molecule has 2 aliphatic rings. The average molecular weight is 1040 g/mol. The van der Waals surface area contributed by atoms with Gasteiger partial charge in [-0.25, -0.2) is 0 Å². The van der Waals surface area contributed by atoms with Crippen LogP contribution in [0.25, 0.3) is 75.8 Å². The highest BCUT2D eigenvalue weighted by molar-refractivity contribution is 7.33. The van der Waals surface area contributed by atoms with Gasteiger partial charge in [0.1, 0.15) is 0 Å². The average Bonchev–Trinajstić information content (AvgIpc) is 3.94. The maximum atomic E-state index is 2.65. The van der Waals surface area contributed by atoms with Crippen molar-refractivity contribution in [2.45, 2.75) is 85.0 Å². The number of hydrogen-bond donors (Lipinski definition) is 0. The topological polar surface area (TPSA) is 6.48 Å². The third-order valence-corrected chi connectivity index (χ3v) is 18.9. The summed E-state index contributed by atoms with van der Waals surface area (Å²) in [6.07, 6.45) is 1.03. The zero-order valence-corrected chi connectivity index (χ0v) is 47.7. The molecule has 2 nitrogen and oxygen atoms in total. The van der Waals surface area contributed by atoms with Crippen LogP contribution >= 0.6 is 11.3 Å². The Kier molecular flexibility index (Phi) is 11.3. The standard InChI is InChI=1S/C75H65BN2S/c1-10-75(8,9)54-34-38-66-64(46-54)76-70-67(77(71-63-45-53(74(5,6)7)35-39-69(63)79-72(71)76)55-41-50(47-22-13-11-14-23-47)40-51(42-55)48-24-15-12-16-25-48)30-21-31-68(70)78(66)65-37-33-52(73(2,3)4)44-61(65)49-32-36-60-58-28-18-17-26-56(58)57-27-19-20-29-59(57)62(60)43-49/h11-46H,10H2,1-9H3. The van der Waals surface area contributed by atoms with Gasteiger partial charge in [-0.3, -0.25) is 0 Å². The highest BCUT2D eigenvalue weighted by Crippen LogP contribution is 2.52. The molecule has 11 aromatic carbocycles. The van der Waals surface area contributed by atoms with Crippen LogP contribution in [0.3, 0.4) is 0 Å². The minimum Gasteiger partial charge on any atom is -0.311 e. The Labute approximate surface area is 470 Å². The molecule has 0 bridgehead atoms. The van der Waals surface area contributed by atoms with E-state index in [9.17, 15) is 0 Å². The van der Waals surface area contributed by atoms with Crippen molar-refractivity contribution in [2.24, 2.45) is 0 Å². The normalized spacial score (nSPS) is 13.4. The van der Waals surface area contributed by atoms with Crippen molar-refractivity contribution in [2.75, 3.05) is 9.80 Å². The van der Waals surface area contributed by atoms with E-state index in [0.717, 1.165) is 12.1 Å². The van der Waals surface area contributed by atoms with Crippen LogP contribution in [0.1, 0.15) is 85.4 Å². The van der Waals surface area contributed by atoms with Gasteiger partial charge in [-0.05, 0) is 177 Å². The number of hydrogen-bond acceptors (Lipinski definition) is 3. The van der Waals surface area contributed by atoms with E-state index < -0.39 is 0 Å². The van der Waals surface area contributed by atoms with Crippen LogP contribution in [-0.4, -0.2) is 6.71 Å². The molecule has 384 valence electrons. The number of fused-ring (bicyclic) bond motifs is 12. The Balaban J connectivity index is 1.08. The maximum absolute atomic E-state index is 2.65. The quantitative estimate of drug-likeness (QED) is 0.116. The molecule has 12 aromatic rings. The molecule has 0 aliphatic carbocycles. The Bertz CT molecular complexity index is 4330. The zero-order chi connectivity index (χ0) is 54.1. The number of anilines is 6. The van der Waals surface area contributed by atoms with Crippen molar-refractivity contribution in [3.63, 3.8) is 0 Å². The fraction of sp³-hybridized carbons (Fsp3) is 0.173. The van der Waals surface area contributed by atoms with Crippen molar-refractivity contribution in [3.8, 4) is 33.4 Å². The van der Waals surface area contributed by atoms with Crippen molar-refractivity contribution in [1.29, 1.82) is 0 Å². The molecule has 0 N–H and O–H groups in total. The van der Waals surface area contributed by atoms with Gasteiger partial charge in [0.2, 0.25) is 0 Å². The van der Waals surface area contributed by atoms with Gasteiger partial charge >= 0.3 is 0 Å². The first-order valence-corrected chi connectivity index (χ1v) is 29.1. The molecule has 1 aromatic heterocycles. The van der Waals surface area contributed by atoms with E-state index in [4.69, 9.17) is 0 Å². The van der Waals surface area contributed by atoms with Crippen LogP contribution < -0.4 is 25.5 Å². The second-order valence-electron chi connectivity index (χ2n) is 24.9. The molecule has 79 heavy (non-hydrogen) atoms. The molecule has 0 radical (unpaired) electrons. The Hall–Kier alpha value is -8.18. The van der Waals surface area contributed by atoms with Crippen molar-refractivity contribution >= 4 is 110 Å². The van der Waals surface area contributed by atoms with E-state index in [1.807, 2.05) is 11.3 Å². The Morgan fingerprint density at radius 3 is 1.52 bits per heavy atom. The predicted molar refractivity (Wildman–Crippen MR) is 345 cm³/mol. The number of rotatable bonds is 7. The van der Waals surface area contributed by atoms with Gasteiger partial charge in [0.25, 0.3) is 6.71 Å². The molecule has 3 heterocycles. The van der Waals surface area contributed by atoms with Gasteiger partial charge in [0.05, 0.1) is 11.4 Å². The molecular weight excluding hydrogens is 972 g/mol. The summed E-state index contributed by atoms with van der Waals surface area (Å²) in [5.74, 6) is 0. The smallest absolute Gasteiger partial charge is 0.264 e. The second-order valence-corrected chi connectivity index (χ2v) is 26.0. The monoisotopic (exact) mass is 1040 g/mol. The van der Waals surface area contributed by atoms with E-state index in [2.05, 4.69) is 291 Å². The fourth-order valence-electron chi connectivity index (χ4n) is 12.9. The highest BCUT2D eigenvalue weighted by atomic mass is 32.1. The lowest BCUT2D eigenvalue weighted by Gasteiger charge is -2.44. The van der Waals surface area contributed by atoms with Crippen LogP contribution in [0.2, 0.25) is 0 Å². The lowest BCUT2D eigenvalue weighted by molar-refractivity contribution is 0.506. The minimum absolute atomic E-state index is 0.0182. The van der Waals surface area contributed by atoms with E-state index in [0.29, 0.717) is 0 Å². The molecule has 0 saturated heterocycles. The van der Waals surface area contributed by atoms with Crippen LogP contribution in [0.5, 0.6) is 0 Å². The van der Waals surface area contributed by atoms with Gasteiger partial charge in [-0.2, -0.15) is 0 Å². The summed E-state index contributed by atoms with van der Waals surface area (Å²) >= 11 is 1.98. The van der Waals surface area contributed by atoms with Crippen molar-refractivity contribution in [3.05, 3.63) is 235 Å². The molecule has 2 aliphatic heterocycles.